The molecule has 26 heavy (non-hydrogen) atoms. The number of thiophene rings is 1. The highest BCUT2D eigenvalue weighted by Crippen LogP contribution is 2.28. The van der Waals surface area contributed by atoms with Crippen LogP contribution in [-0.2, 0) is 17.9 Å². The van der Waals surface area contributed by atoms with E-state index in [1.807, 2.05) is 53.2 Å². The van der Waals surface area contributed by atoms with Crippen molar-refractivity contribution in [1.82, 2.24) is 14.8 Å². The van der Waals surface area contributed by atoms with Gasteiger partial charge in [-0.1, -0.05) is 36.4 Å². The van der Waals surface area contributed by atoms with Gasteiger partial charge in [0.2, 0.25) is 0 Å². The zero-order valence-electron chi connectivity index (χ0n) is 13.7. The highest BCUT2D eigenvalue weighted by Gasteiger charge is 2.12. The molecule has 0 saturated carbocycles. The van der Waals surface area contributed by atoms with Crippen molar-refractivity contribution in [3.63, 3.8) is 0 Å². The van der Waals surface area contributed by atoms with Crippen LogP contribution in [0.3, 0.4) is 0 Å². The van der Waals surface area contributed by atoms with Crippen molar-refractivity contribution in [2.45, 2.75) is 13.2 Å². The fourth-order valence-electron chi connectivity index (χ4n) is 2.44. The molecule has 130 valence electrons. The quantitative estimate of drug-likeness (QED) is 0.462. The van der Waals surface area contributed by atoms with E-state index in [4.69, 9.17) is 4.74 Å². The van der Waals surface area contributed by atoms with E-state index in [0.717, 1.165) is 21.1 Å². The number of aromatic nitrogens is 3. The van der Waals surface area contributed by atoms with Gasteiger partial charge < -0.3 is 4.74 Å². The molecular weight excluding hydrogens is 366 g/mol. The van der Waals surface area contributed by atoms with Gasteiger partial charge in [0, 0.05) is 11.6 Å². The van der Waals surface area contributed by atoms with Crippen LogP contribution in [0, 0.1) is 0 Å². The smallest absolute Gasteiger partial charge is 0.341 e. The molecule has 0 radical (unpaired) electrons. The van der Waals surface area contributed by atoms with Crippen molar-refractivity contribution in [2.75, 3.05) is 0 Å². The van der Waals surface area contributed by atoms with Crippen LogP contribution in [0.4, 0.5) is 0 Å². The van der Waals surface area contributed by atoms with Crippen molar-refractivity contribution < 1.29 is 9.53 Å². The number of rotatable bonds is 6. The molecule has 0 spiro atoms. The summed E-state index contributed by atoms with van der Waals surface area (Å²) in [7, 11) is 0. The molecule has 0 fully saturated rings. The first-order valence-electron chi connectivity index (χ1n) is 8.00. The summed E-state index contributed by atoms with van der Waals surface area (Å²) >= 11 is 3.19. The molecular formula is C19H15N3O2S2. The van der Waals surface area contributed by atoms with Gasteiger partial charge in [0.05, 0.1) is 28.9 Å². The van der Waals surface area contributed by atoms with Crippen LogP contribution in [0.5, 0.6) is 0 Å². The molecule has 0 amide bonds. The van der Waals surface area contributed by atoms with E-state index >= 15 is 0 Å². The first-order chi connectivity index (χ1) is 12.8. The van der Waals surface area contributed by atoms with E-state index in [-0.39, 0.29) is 6.61 Å². The molecule has 0 bridgehead atoms. The molecule has 4 rings (SSSR count). The highest BCUT2D eigenvalue weighted by molar-refractivity contribution is 7.20. The summed E-state index contributed by atoms with van der Waals surface area (Å²) in [6, 6.07) is 14.0. The lowest BCUT2D eigenvalue weighted by Crippen LogP contribution is -2.05. The molecule has 0 saturated heterocycles. The lowest BCUT2D eigenvalue weighted by atomic mass is 10.2. The van der Waals surface area contributed by atoms with Crippen molar-refractivity contribution in [1.29, 1.82) is 0 Å². The number of esters is 1. The summed E-state index contributed by atoms with van der Waals surface area (Å²) in [4.78, 5) is 17.9. The molecule has 1 aromatic carbocycles. The summed E-state index contributed by atoms with van der Waals surface area (Å²) < 4.78 is 7.09. The molecule has 0 atom stereocenters. The number of hydrogen-bond donors (Lipinski definition) is 0. The van der Waals surface area contributed by atoms with E-state index in [0.29, 0.717) is 12.1 Å². The Labute approximate surface area is 158 Å². The second-order valence-corrected chi connectivity index (χ2v) is 7.42. The first kappa shape index (κ1) is 16.7. The lowest BCUT2D eigenvalue weighted by molar-refractivity contribution is 0.0468. The number of thiazole rings is 1. The molecule has 3 heterocycles. The third kappa shape index (κ3) is 3.89. The van der Waals surface area contributed by atoms with Crippen LogP contribution in [0.15, 0.2) is 65.6 Å². The van der Waals surface area contributed by atoms with Crippen LogP contribution in [0.1, 0.15) is 21.6 Å². The Balaban J connectivity index is 1.35. The maximum Gasteiger partial charge on any atom is 0.341 e. The van der Waals surface area contributed by atoms with Crippen molar-refractivity contribution in [2.24, 2.45) is 0 Å². The number of ether oxygens (including phenoxy) is 1. The van der Waals surface area contributed by atoms with Gasteiger partial charge in [-0.15, -0.1) is 22.7 Å². The third-order valence-corrected chi connectivity index (χ3v) is 5.62. The van der Waals surface area contributed by atoms with Gasteiger partial charge in [0.15, 0.2) is 0 Å². The van der Waals surface area contributed by atoms with E-state index in [1.54, 1.807) is 33.6 Å². The van der Waals surface area contributed by atoms with Crippen molar-refractivity contribution in [3.8, 4) is 9.88 Å². The maximum absolute atomic E-state index is 12.2. The zero-order valence-corrected chi connectivity index (χ0v) is 15.4. The van der Waals surface area contributed by atoms with Gasteiger partial charge in [0.25, 0.3) is 0 Å². The van der Waals surface area contributed by atoms with E-state index in [2.05, 4.69) is 10.1 Å². The monoisotopic (exact) mass is 381 g/mol. The number of nitrogens with zero attached hydrogens (tertiary/aromatic N) is 3. The highest BCUT2D eigenvalue weighted by atomic mass is 32.1. The van der Waals surface area contributed by atoms with Gasteiger partial charge in [0.1, 0.15) is 11.6 Å². The molecule has 0 aliphatic rings. The average molecular weight is 381 g/mol. The van der Waals surface area contributed by atoms with Gasteiger partial charge in [-0.25, -0.2) is 9.78 Å². The van der Waals surface area contributed by atoms with Crippen LogP contribution >= 0.6 is 22.7 Å². The molecule has 0 aliphatic heterocycles. The minimum absolute atomic E-state index is 0.157. The van der Waals surface area contributed by atoms with Crippen molar-refractivity contribution >= 4 is 28.6 Å². The Bertz CT molecular complexity index is 991. The molecule has 4 aromatic rings. The zero-order chi connectivity index (χ0) is 17.8. The van der Waals surface area contributed by atoms with E-state index < -0.39 is 5.97 Å². The number of hydrogen-bond acceptors (Lipinski definition) is 6. The molecule has 0 N–H and O–H groups in total. The average Bonchev–Trinajstić information content (AvgIpc) is 3.41. The van der Waals surface area contributed by atoms with E-state index in [1.165, 1.54) is 6.20 Å². The number of carbonyl (C=O) groups is 1. The Morgan fingerprint density at radius 1 is 1.12 bits per heavy atom. The maximum atomic E-state index is 12.2. The lowest BCUT2D eigenvalue weighted by Gasteiger charge is -2.01. The minimum Gasteiger partial charge on any atom is -0.455 e. The second-order valence-electron chi connectivity index (χ2n) is 5.61. The topological polar surface area (TPSA) is 57.0 Å². The van der Waals surface area contributed by atoms with Crippen LogP contribution < -0.4 is 0 Å². The Morgan fingerprint density at radius 2 is 2.00 bits per heavy atom. The predicted octanol–water partition coefficient (Wildman–Crippen LogP) is 4.47. The summed E-state index contributed by atoms with van der Waals surface area (Å²) in [5.41, 5.74) is 2.32. The van der Waals surface area contributed by atoms with Crippen LogP contribution in [0.25, 0.3) is 9.88 Å². The summed E-state index contributed by atoms with van der Waals surface area (Å²) in [5, 5.41) is 9.11. The molecule has 0 aliphatic carbocycles. The minimum atomic E-state index is -0.394. The van der Waals surface area contributed by atoms with Gasteiger partial charge >= 0.3 is 5.97 Å². The summed E-state index contributed by atoms with van der Waals surface area (Å²) in [5.74, 6) is -0.394. The number of carbonyl (C=O) groups excluding carboxylic acids is 1. The Morgan fingerprint density at radius 3 is 2.81 bits per heavy atom. The SMILES string of the molecule is O=C(OCc1csc(-c2cccs2)n1)c1cnn(Cc2ccccc2)c1. The largest absolute Gasteiger partial charge is 0.455 e. The molecule has 0 unspecified atom stereocenters. The first-order valence-corrected chi connectivity index (χ1v) is 9.75. The third-order valence-electron chi connectivity index (χ3n) is 3.69. The van der Waals surface area contributed by atoms with Crippen LogP contribution in [0.2, 0.25) is 0 Å². The van der Waals surface area contributed by atoms with Crippen molar-refractivity contribution in [3.05, 3.63) is 82.4 Å². The fraction of sp³-hybridized carbons (Fsp3) is 0.105. The number of benzene rings is 1. The standard InChI is InChI=1S/C19H15N3O2S2/c23-19(15-9-20-22(11-15)10-14-5-2-1-3-6-14)24-12-16-13-26-18(21-16)17-7-4-8-25-17/h1-9,11,13H,10,12H2. The molecule has 3 aromatic heterocycles. The summed E-state index contributed by atoms with van der Waals surface area (Å²) in [6.07, 6.45) is 3.23. The normalized spacial score (nSPS) is 10.8. The second kappa shape index (κ2) is 7.63. The van der Waals surface area contributed by atoms with Gasteiger partial charge in [-0.2, -0.15) is 5.10 Å². The Kier molecular flexibility index (Phi) is 4.90. The summed E-state index contributed by atoms with van der Waals surface area (Å²) in [6.45, 7) is 0.773. The Hall–Kier alpha value is -2.77. The molecule has 5 nitrogen and oxygen atoms in total. The van der Waals surface area contributed by atoms with Gasteiger partial charge in [-0.3, -0.25) is 4.68 Å². The predicted molar refractivity (Wildman–Crippen MR) is 102 cm³/mol. The van der Waals surface area contributed by atoms with E-state index in [9.17, 15) is 4.79 Å². The van der Waals surface area contributed by atoms with Gasteiger partial charge in [-0.05, 0) is 17.0 Å². The fourth-order valence-corrected chi connectivity index (χ4v) is 4.05. The van der Waals surface area contributed by atoms with Crippen LogP contribution in [-0.4, -0.2) is 20.7 Å². The molecule has 7 heteroatoms.